The molecular weight excluding hydrogens is 608 g/mol. The van der Waals surface area contributed by atoms with E-state index >= 15 is 0 Å². The molecule has 14 heteroatoms. The molecule has 1 amide bonds. The smallest absolute Gasteiger partial charge is 0.416 e. The van der Waals surface area contributed by atoms with E-state index < -0.39 is 35.8 Å². The van der Waals surface area contributed by atoms with Gasteiger partial charge in [-0.2, -0.15) is 26.3 Å². The number of nitrogens with one attached hydrogen (secondary N) is 2. The molecule has 248 valence electrons. The van der Waals surface area contributed by atoms with Gasteiger partial charge in [0.2, 0.25) is 5.91 Å². The summed E-state index contributed by atoms with van der Waals surface area (Å²) >= 11 is 0. The van der Waals surface area contributed by atoms with Crippen molar-refractivity contribution in [1.29, 1.82) is 0 Å². The number of esters is 2. The Kier molecular flexibility index (Phi) is 13.7. The number of rotatable bonds is 15. The van der Waals surface area contributed by atoms with E-state index in [0.29, 0.717) is 38.2 Å². The fourth-order valence-corrected chi connectivity index (χ4v) is 4.99. The lowest BCUT2D eigenvalue weighted by atomic mass is 9.94. The van der Waals surface area contributed by atoms with Gasteiger partial charge in [-0.25, -0.2) is 9.59 Å². The number of halogens is 6. The average Bonchev–Trinajstić information content (AvgIpc) is 2.99. The lowest BCUT2D eigenvalue weighted by Crippen LogP contribution is -2.45. The van der Waals surface area contributed by atoms with Crippen molar-refractivity contribution >= 4 is 17.8 Å². The molecule has 0 bridgehead atoms. The maximum Gasteiger partial charge on any atom is 0.491 e. The largest absolute Gasteiger partial charge is 0.491 e. The third-order valence-electron chi connectivity index (χ3n) is 7.28. The fourth-order valence-electron chi connectivity index (χ4n) is 4.99. The summed E-state index contributed by atoms with van der Waals surface area (Å²) in [5, 5.41) is 6.50. The monoisotopic (exact) mass is 645 g/mol. The third kappa shape index (κ3) is 12.3. The molecule has 0 aromatic heterocycles. The highest BCUT2D eigenvalue weighted by Gasteiger charge is 2.44. The molecule has 0 unspecified atom stereocenters. The Morgan fingerprint density at radius 1 is 0.711 bits per heavy atom. The zero-order valence-corrected chi connectivity index (χ0v) is 24.6. The Morgan fingerprint density at radius 2 is 1.29 bits per heavy atom. The number of carbonyl (C=O) groups excluding carboxylic acids is 3. The van der Waals surface area contributed by atoms with E-state index in [9.17, 15) is 40.7 Å². The molecule has 3 rings (SSSR count). The Labute approximate surface area is 257 Å². The second-order valence-electron chi connectivity index (χ2n) is 10.7. The average molecular weight is 646 g/mol. The SMILES string of the molecule is O=C(CCNCCc1ccccc1)N(CCNCCc1ccc(OC(=O)C(F)(F)F)c(OC(=O)C(F)(F)F)c1)C1CCCCC1. The van der Waals surface area contributed by atoms with Crippen molar-refractivity contribution in [3.63, 3.8) is 0 Å². The first-order chi connectivity index (χ1) is 21.3. The third-order valence-corrected chi connectivity index (χ3v) is 7.28. The fraction of sp³-hybridized carbons (Fsp3) is 0.516. The summed E-state index contributed by atoms with van der Waals surface area (Å²) in [6.45, 7) is 2.49. The lowest BCUT2D eigenvalue weighted by molar-refractivity contribution is -0.191. The molecule has 0 radical (unpaired) electrons. The van der Waals surface area contributed by atoms with E-state index in [2.05, 4.69) is 32.2 Å². The van der Waals surface area contributed by atoms with E-state index in [4.69, 9.17) is 0 Å². The molecule has 1 saturated carbocycles. The first-order valence-electron chi connectivity index (χ1n) is 14.8. The van der Waals surface area contributed by atoms with Gasteiger partial charge in [-0.3, -0.25) is 4.79 Å². The minimum atomic E-state index is -5.43. The molecule has 0 heterocycles. The summed E-state index contributed by atoms with van der Waals surface area (Å²) in [4.78, 5) is 37.6. The van der Waals surface area contributed by atoms with Gasteiger partial charge in [-0.05, 0) is 62.0 Å². The summed E-state index contributed by atoms with van der Waals surface area (Å²) in [5.41, 5.74) is 1.52. The predicted molar refractivity (Wildman–Crippen MR) is 153 cm³/mol. The molecule has 1 aliphatic carbocycles. The first-order valence-corrected chi connectivity index (χ1v) is 14.8. The normalized spacial score (nSPS) is 14.2. The van der Waals surface area contributed by atoms with Crippen LogP contribution in [0.15, 0.2) is 48.5 Å². The number of alkyl halides is 6. The van der Waals surface area contributed by atoms with Crippen LogP contribution >= 0.6 is 0 Å². The topological polar surface area (TPSA) is 97.0 Å². The molecular formula is C31H37F6N3O5. The molecule has 0 saturated heterocycles. The quantitative estimate of drug-likeness (QED) is 0.120. The van der Waals surface area contributed by atoms with E-state index in [1.54, 1.807) is 0 Å². The molecule has 45 heavy (non-hydrogen) atoms. The van der Waals surface area contributed by atoms with Crippen LogP contribution in [0.25, 0.3) is 0 Å². The van der Waals surface area contributed by atoms with Crippen LogP contribution in [-0.2, 0) is 27.2 Å². The highest BCUT2D eigenvalue weighted by atomic mass is 19.4. The first kappa shape index (κ1) is 35.8. The van der Waals surface area contributed by atoms with E-state index in [1.165, 1.54) is 11.6 Å². The highest BCUT2D eigenvalue weighted by Crippen LogP contribution is 2.32. The van der Waals surface area contributed by atoms with Crippen LogP contribution in [0.5, 0.6) is 11.5 Å². The van der Waals surface area contributed by atoms with Crippen molar-refractivity contribution in [2.45, 2.75) is 69.8 Å². The number of nitrogens with zero attached hydrogens (tertiary/aromatic N) is 1. The number of benzene rings is 2. The molecule has 2 aromatic rings. The van der Waals surface area contributed by atoms with Gasteiger partial charge in [0.15, 0.2) is 11.5 Å². The van der Waals surface area contributed by atoms with E-state index in [-0.39, 0.29) is 18.4 Å². The van der Waals surface area contributed by atoms with Gasteiger partial charge in [0.1, 0.15) is 0 Å². The Balaban J connectivity index is 1.52. The van der Waals surface area contributed by atoms with Crippen LogP contribution < -0.4 is 20.1 Å². The van der Waals surface area contributed by atoms with Crippen LogP contribution in [0, 0.1) is 0 Å². The number of ether oxygens (including phenoxy) is 2. The van der Waals surface area contributed by atoms with Crippen LogP contribution in [0.3, 0.4) is 0 Å². The van der Waals surface area contributed by atoms with Gasteiger partial charge < -0.3 is 25.0 Å². The number of amides is 1. The van der Waals surface area contributed by atoms with Crippen LogP contribution in [-0.4, -0.2) is 73.9 Å². The van der Waals surface area contributed by atoms with Crippen molar-refractivity contribution in [3.05, 3.63) is 59.7 Å². The van der Waals surface area contributed by atoms with Crippen molar-refractivity contribution in [2.75, 3.05) is 32.7 Å². The number of hydrogen-bond donors (Lipinski definition) is 2. The minimum absolute atomic E-state index is 0.0519. The summed E-state index contributed by atoms with van der Waals surface area (Å²) in [6, 6.07) is 13.2. The number of carbonyl (C=O) groups is 3. The van der Waals surface area contributed by atoms with Gasteiger partial charge in [0, 0.05) is 32.1 Å². The molecule has 0 atom stereocenters. The highest BCUT2D eigenvalue weighted by molar-refractivity contribution is 5.81. The van der Waals surface area contributed by atoms with Gasteiger partial charge in [-0.1, -0.05) is 55.7 Å². The molecule has 1 fully saturated rings. The number of hydrogen-bond acceptors (Lipinski definition) is 7. The molecule has 0 spiro atoms. The zero-order chi connectivity index (χ0) is 32.9. The van der Waals surface area contributed by atoms with Crippen molar-refractivity contribution in [2.24, 2.45) is 0 Å². The Hall–Kier alpha value is -3.65. The maximum atomic E-state index is 13.2. The summed E-state index contributed by atoms with van der Waals surface area (Å²) in [7, 11) is 0. The summed E-state index contributed by atoms with van der Waals surface area (Å²) in [6.07, 6.45) is -4.36. The van der Waals surface area contributed by atoms with Crippen LogP contribution in [0.4, 0.5) is 26.3 Å². The van der Waals surface area contributed by atoms with E-state index in [1.807, 2.05) is 23.1 Å². The van der Waals surface area contributed by atoms with Crippen molar-refractivity contribution < 1.29 is 50.2 Å². The van der Waals surface area contributed by atoms with Crippen molar-refractivity contribution in [3.8, 4) is 11.5 Å². The molecule has 2 N–H and O–H groups in total. The Bertz CT molecular complexity index is 1250. The molecule has 8 nitrogen and oxygen atoms in total. The van der Waals surface area contributed by atoms with E-state index in [0.717, 1.165) is 57.2 Å². The maximum absolute atomic E-state index is 13.2. The zero-order valence-electron chi connectivity index (χ0n) is 24.6. The summed E-state index contributed by atoms with van der Waals surface area (Å²) in [5.74, 6) is -7.26. The second-order valence-corrected chi connectivity index (χ2v) is 10.7. The standard InChI is InChI=1S/C31H37F6N3O5/c32-30(33,34)28(42)44-25-12-11-23(21-26(25)45-29(43)31(35,36)37)14-17-39-19-20-40(24-9-5-2-6-10-24)27(41)15-18-38-16-13-22-7-3-1-4-8-22/h1,3-4,7-8,11-12,21,24,38-39H,2,5-6,9-10,13-20H2. The van der Waals surface area contributed by atoms with Gasteiger partial charge in [-0.15, -0.1) is 0 Å². The second kappa shape index (κ2) is 17.2. The summed E-state index contributed by atoms with van der Waals surface area (Å²) < 4.78 is 84.4. The molecule has 1 aliphatic rings. The van der Waals surface area contributed by atoms with Gasteiger partial charge >= 0.3 is 24.3 Å². The van der Waals surface area contributed by atoms with Gasteiger partial charge in [0.05, 0.1) is 0 Å². The Morgan fingerprint density at radius 3 is 1.91 bits per heavy atom. The predicted octanol–water partition coefficient (Wildman–Crippen LogP) is 5.14. The van der Waals surface area contributed by atoms with Crippen LogP contribution in [0.2, 0.25) is 0 Å². The van der Waals surface area contributed by atoms with Crippen LogP contribution in [0.1, 0.15) is 49.7 Å². The molecule has 2 aromatic carbocycles. The molecule has 0 aliphatic heterocycles. The minimum Gasteiger partial charge on any atom is -0.416 e. The lowest BCUT2D eigenvalue weighted by Gasteiger charge is -2.34. The van der Waals surface area contributed by atoms with Gasteiger partial charge in [0.25, 0.3) is 0 Å². The van der Waals surface area contributed by atoms with Crippen molar-refractivity contribution in [1.82, 2.24) is 15.5 Å².